The molecule has 0 unspecified atom stereocenters. The molecule has 0 bridgehead atoms. The largest absolute Gasteiger partial charge is 0.372 e. The maximum Gasteiger partial charge on any atom is 0.261 e. The Morgan fingerprint density at radius 1 is 1.35 bits per heavy atom. The Labute approximate surface area is 157 Å². The summed E-state index contributed by atoms with van der Waals surface area (Å²) in [4.78, 5) is 24.8. The van der Waals surface area contributed by atoms with Gasteiger partial charge in [0.25, 0.3) is 5.91 Å². The van der Waals surface area contributed by atoms with Gasteiger partial charge < -0.3 is 15.0 Å². The van der Waals surface area contributed by atoms with Crippen LogP contribution in [0.4, 0.5) is 5.95 Å². The number of fused-ring (bicyclic) bond motifs is 1. The van der Waals surface area contributed by atoms with Crippen LogP contribution in [0.25, 0.3) is 0 Å². The van der Waals surface area contributed by atoms with Gasteiger partial charge in [-0.3, -0.25) is 4.79 Å². The van der Waals surface area contributed by atoms with Gasteiger partial charge in [-0.1, -0.05) is 6.07 Å². The predicted molar refractivity (Wildman–Crippen MR) is 102 cm³/mol. The number of hydrogen-bond donors (Lipinski definition) is 1. The smallest absolute Gasteiger partial charge is 0.261 e. The van der Waals surface area contributed by atoms with E-state index in [0.717, 1.165) is 54.4 Å². The summed E-state index contributed by atoms with van der Waals surface area (Å²) in [5, 5.41) is 5.07. The van der Waals surface area contributed by atoms with Crippen molar-refractivity contribution >= 4 is 23.2 Å². The van der Waals surface area contributed by atoms with Crippen molar-refractivity contribution in [3.63, 3.8) is 0 Å². The van der Waals surface area contributed by atoms with Gasteiger partial charge in [-0.2, -0.15) is 0 Å². The number of hydrogen-bond acceptors (Lipinski definition) is 6. The first-order valence-electron chi connectivity index (χ1n) is 9.20. The third kappa shape index (κ3) is 3.59. The SMILES string of the molecule is C[C@@H]1CN(c2ncc3c(n2)CCC[C@H]3NC(=O)c2cccs2)C[C@@H](C)O1. The first-order chi connectivity index (χ1) is 12.6. The monoisotopic (exact) mass is 372 g/mol. The molecule has 4 rings (SSSR count). The van der Waals surface area contributed by atoms with Gasteiger partial charge in [0.15, 0.2) is 0 Å². The second-order valence-electron chi connectivity index (χ2n) is 7.13. The Morgan fingerprint density at radius 2 is 2.15 bits per heavy atom. The average molecular weight is 372 g/mol. The number of thiophene rings is 1. The molecule has 3 heterocycles. The molecule has 26 heavy (non-hydrogen) atoms. The van der Waals surface area contributed by atoms with Crippen molar-refractivity contribution in [1.82, 2.24) is 15.3 Å². The summed E-state index contributed by atoms with van der Waals surface area (Å²) in [7, 11) is 0. The molecule has 7 heteroatoms. The van der Waals surface area contributed by atoms with Crippen molar-refractivity contribution in [3.05, 3.63) is 39.8 Å². The van der Waals surface area contributed by atoms with E-state index in [-0.39, 0.29) is 24.2 Å². The summed E-state index contributed by atoms with van der Waals surface area (Å²) >= 11 is 1.46. The van der Waals surface area contributed by atoms with E-state index in [1.807, 2.05) is 23.7 Å². The molecule has 2 aliphatic rings. The van der Waals surface area contributed by atoms with E-state index in [0.29, 0.717) is 0 Å². The van der Waals surface area contributed by atoms with Gasteiger partial charge in [0, 0.05) is 24.8 Å². The second-order valence-corrected chi connectivity index (χ2v) is 8.08. The quantitative estimate of drug-likeness (QED) is 0.897. The fourth-order valence-electron chi connectivity index (χ4n) is 3.82. The van der Waals surface area contributed by atoms with Crippen LogP contribution in [0.5, 0.6) is 0 Å². The molecule has 1 aliphatic heterocycles. The number of aromatic nitrogens is 2. The Bertz CT molecular complexity index is 770. The van der Waals surface area contributed by atoms with E-state index in [4.69, 9.17) is 9.72 Å². The van der Waals surface area contributed by atoms with Crippen molar-refractivity contribution < 1.29 is 9.53 Å². The number of carbonyl (C=O) groups is 1. The Kier molecular flexibility index (Phi) is 4.91. The van der Waals surface area contributed by atoms with Crippen molar-refractivity contribution in [2.75, 3.05) is 18.0 Å². The fraction of sp³-hybridized carbons (Fsp3) is 0.526. The molecular formula is C19H24N4O2S. The zero-order valence-corrected chi connectivity index (χ0v) is 16.0. The molecule has 2 aromatic rings. The minimum absolute atomic E-state index is 0.00932. The zero-order chi connectivity index (χ0) is 18.1. The van der Waals surface area contributed by atoms with E-state index in [2.05, 4.69) is 29.0 Å². The van der Waals surface area contributed by atoms with Crippen molar-refractivity contribution in [2.45, 2.75) is 51.4 Å². The highest BCUT2D eigenvalue weighted by atomic mass is 32.1. The molecular weight excluding hydrogens is 348 g/mol. The van der Waals surface area contributed by atoms with Crippen LogP contribution in [0.15, 0.2) is 23.7 Å². The van der Waals surface area contributed by atoms with Gasteiger partial charge in [0.1, 0.15) is 0 Å². The van der Waals surface area contributed by atoms with Crippen LogP contribution in [0.2, 0.25) is 0 Å². The Morgan fingerprint density at radius 3 is 2.88 bits per heavy atom. The average Bonchev–Trinajstić information content (AvgIpc) is 3.15. The van der Waals surface area contributed by atoms with Gasteiger partial charge in [-0.05, 0) is 44.6 Å². The van der Waals surface area contributed by atoms with E-state index in [1.165, 1.54) is 11.3 Å². The molecule has 0 aromatic carbocycles. The zero-order valence-electron chi connectivity index (χ0n) is 15.1. The summed E-state index contributed by atoms with van der Waals surface area (Å²) in [6, 6.07) is 3.74. The van der Waals surface area contributed by atoms with Crippen LogP contribution in [0.3, 0.4) is 0 Å². The van der Waals surface area contributed by atoms with Crippen LogP contribution < -0.4 is 10.2 Å². The summed E-state index contributed by atoms with van der Waals surface area (Å²) < 4.78 is 5.80. The molecule has 1 saturated heterocycles. The van der Waals surface area contributed by atoms with Crippen LogP contribution in [-0.4, -0.2) is 41.2 Å². The van der Waals surface area contributed by atoms with Crippen molar-refractivity contribution in [3.8, 4) is 0 Å². The number of aryl methyl sites for hydroxylation is 1. The third-order valence-corrected chi connectivity index (χ3v) is 5.79. The second kappa shape index (κ2) is 7.32. The highest BCUT2D eigenvalue weighted by molar-refractivity contribution is 7.12. The Hall–Kier alpha value is -1.99. The lowest BCUT2D eigenvalue weighted by atomic mass is 9.92. The molecule has 0 radical (unpaired) electrons. The maximum absolute atomic E-state index is 12.4. The molecule has 3 atom stereocenters. The maximum atomic E-state index is 12.4. The molecule has 6 nitrogen and oxygen atoms in total. The molecule has 0 spiro atoms. The van der Waals surface area contributed by atoms with Crippen molar-refractivity contribution in [1.29, 1.82) is 0 Å². The summed E-state index contributed by atoms with van der Waals surface area (Å²) in [5.41, 5.74) is 2.11. The first-order valence-corrected chi connectivity index (χ1v) is 10.1. The van der Waals surface area contributed by atoms with E-state index < -0.39 is 0 Å². The molecule has 1 amide bonds. The number of morpholine rings is 1. The van der Waals surface area contributed by atoms with Gasteiger partial charge in [0.2, 0.25) is 5.95 Å². The van der Waals surface area contributed by atoms with Crippen LogP contribution in [-0.2, 0) is 11.2 Å². The van der Waals surface area contributed by atoms with Crippen molar-refractivity contribution in [2.24, 2.45) is 0 Å². The predicted octanol–water partition coefficient (Wildman–Crippen LogP) is 2.96. The highest BCUT2D eigenvalue weighted by Crippen LogP contribution is 2.30. The number of carbonyl (C=O) groups excluding carboxylic acids is 1. The number of ether oxygens (including phenoxy) is 1. The molecule has 1 aliphatic carbocycles. The topological polar surface area (TPSA) is 67.4 Å². The number of amides is 1. The summed E-state index contributed by atoms with van der Waals surface area (Å²) in [6.07, 6.45) is 5.15. The third-order valence-electron chi connectivity index (χ3n) is 4.92. The van der Waals surface area contributed by atoms with Gasteiger partial charge >= 0.3 is 0 Å². The minimum atomic E-state index is -0.0160. The molecule has 1 fully saturated rings. The first kappa shape index (κ1) is 17.4. The van der Waals surface area contributed by atoms with Gasteiger partial charge in [-0.15, -0.1) is 11.3 Å². The van der Waals surface area contributed by atoms with Crippen LogP contribution in [0.1, 0.15) is 53.7 Å². The lowest BCUT2D eigenvalue weighted by molar-refractivity contribution is -0.00574. The number of rotatable bonds is 3. The lowest BCUT2D eigenvalue weighted by Crippen LogP contribution is -2.46. The molecule has 2 aromatic heterocycles. The fourth-order valence-corrected chi connectivity index (χ4v) is 4.44. The van der Waals surface area contributed by atoms with E-state index >= 15 is 0 Å². The van der Waals surface area contributed by atoms with E-state index in [1.54, 1.807) is 0 Å². The van der Waals surface area contributed by atoms with E-state index in [9.17, 15) is 4.79 Å². The number of nitrogens with one attached hydrogen (secondary N) is 1. The van der Waals surface area contributed by atoms with Gasteiger partial charge in [-0.25, -0.2) is 9.97 Å². The van der Waals surface area contributed by atoms with Crippen LogP contribution in [0, 0.1) is 0 Å². The summed E-state index contributed by atoms with van der Waals surface area (Å²) in [5.74, 6) is 0.758. The Balaban J connectivity index is 1.53. The standard InChI is InChI=1S/C19H24N4O2S/c1-12-10-23(11-13(2)25-12)19-20-9-14-15(5-3-6-16(14)22-19)21-18(24)17-7-4-8-26-17/h4,7-9,12-13,15H,3,5-6,10-11H2,1-2H3,(H,21,24)/t12-,13-,15-/m1/s1. The number of anilines is 1. The molecule has 138 valence electrons. The van der Waals surface area contributed by atoms with Gasteiger partial charge in [0.05, 0.1) is 28.8 Å². The normalized spacial score (nSPS) is 25.6. The number of nitrogens with zero attached hydrogens (tertiary/aromatic N) is 3. The highest BCUT2D eigenvalue weighted by Gasteiger charge is 2.28. The van der Waals surface area contributed by atoms with Crippen LogP contribution >= 0.6 is 11.3 Å². The lowest BCUT2D eigenvalue weighted by Gasteiger charge is -2.36. The molecule has 0 saturated carbocycles. The minimum Gasteiger partial charge on any atom is -0.372 e. The molecule has 1 N–H and O–H groups in total. The summed E-state index contributed by atoms with van der Waals surface area (Å²) in [6.45, 7) is 5.78.